The summed E-state index contributed by atoms with van der Waals surface area (Å²) in [7, 11) is 1.58. The van der Waals surface area contributed by atoms with Crippen LogP contribution in [0.1, 0.15) is 22.0 Å². The van der Waals surface area contributed by atoms with E-state index >= 15 is 0 Å². The molecule has 182 valence electrons. The summed E-state index contributed by atoms with van der Waals surface area (Å²) in [4.78, 5) is 17.3. The molecule has 0 bridgehead atoms. The fourth-order valence-corrected chi connectivity index (χ4v) is 4.62. The Bertz CT molecular complexity index is 1200. The van der Waals surface area contributed by atoms with E-state index in [0.29, 0.717) is 42.4 Å². The molecule has 0 radical (unpaired) electrons. The number of fused-ring (bicyclic) bond motifs is 1. The smallest absolute Gasteiger partial charge is 0.251 e. The van der Waals surface area contributed by atoms with E-state index in [1.807, 2.05) is 30.3 Å². The van der Waals surface area contributed by atoms with Gasteiger partial charge in [-0.2, -0.15) is 0 Å². The van der Waals surface area contributed by atoms with E-state index in [9.17, 15) is 9.18 Å². The number of halogens is 1. The van der Waals surface area contributed by atoms with E-state index in [1.54, 1.807) is 37.4 Å². The molecule has 2 heterocycles. The highest BCUT2D eigenvalue weighted by Gasteiger charge is 2.28. The third kappa shape index (κ3) is 5.02. The number of benzene rings is 3. The van der Waals surface area contributed by atoms with Crippen molar-refractivity contribution < 1.29 is 23.4 Å². The van der Waals surface area contributed by atoms with Crippen molar-refractivity contribution >= 4 is 11.6 Å². The topological polar surface area (TPSA) is 63.3 Å². The minimum Gasteiger partial charge on any atom is -0.497 e. The Morgan fingerprint density at radius 2 is 1.80 bits per heavy atom. The zero-order chi connectivity index (χ0) is 24.2. The van der Waals surface area contributed by atoms with Crippen molar-refractivity contribution in [2.24, 2.45) is 0 Å². The fourth-order valence-electron chi connectivity index (χ4n) is 4.62. The molecule has 2 aliphatic heterocycles. The quantitative estimate of drug-likeness (QED) is 0.558. The molecular weight excluding hydrogens is 449 g/mol. The number of nitrogens with one attached hydrogen (secondary N) is 1. The van der Waals surface area contributed by atoms with E-state index in [0.717, 1.165) is 24.4 Å². The standard InChI is InChI=1S/C27H28FN3O4/c1-33-21-6-4-5-20(15-21)27(32)29-17-24(19-9-10-25-26(16-19)35-18-34-25)31-13-11-30(12-14-31)23-8-3-2-7-22(23)28/h2-10,15-16,24H,11-14,17-18H2,1H3,(H,29,32)/t24-/m0/s1. The molecule has 1 fully saturated rings. The molecule has 3 aromatic carbocycles. The van der Waals surface area contributed by atoms with Crippen molar-refractivity contribution in [2.45, 2.75) is 6.04 Å². The maximum Gasteiger partial charge on any atom is 0.251 e. The van der Waals surface area contributed by atoms with Gasteiger partial charge in [0.2, 0.25) is 6.79 Å². The molecule has 0 saturated carbocycles. The molecule has 3 aromatic rings. The average Bonchev–Trinajstić information content (AvgIpc) is 3.38. The van der Waals surface area contributed by atoms with Gasteiger partial charge in [-0.1, -0.05) is 24.3 Å². The molecule has 0 aromatic heterocycles. The molecular formula is C27H28FN3O4. The molecule has 7 nitrogen and oxygen atoms in total. The lowest BCUT2D eigenvalue weighted by Gasteiger charge is -2.40. The first-order chi connectivity index (χ1) is 17.1. The first-order valence-corrected chi connectivity index (χ1v) is 11.7. The van der Waals surface area contributed by atoms with E-state index in [1.165, 1.54) is 6.07 Å². The Kier molecular flexibility index (Phi) is 6.72. The summed E-state index contributed by atoms with van der Waals surface area (Å²) >= 11 is 0. The van der Waals surface area contributed by atoms with Crippen LogP contribution >= 0.6 is 0 Å². The summed E-state index contributed by atoms with van der Waals surface area (Å²) in [5.41, 5.74) is 2.19. The fraction of sp³-hybridized carbons (Fsp3) is 0.296. The van der Waals surface area contributed by atoms with Gasteiger partial charge in [0.15, 0.2) is 11.5 Å². The Hall–Kier alpha value is -3.78. The van der Waals surface area contributed by atoms with Gasteiger partial charge in [-0.05, 0) is 48.0 Å². The summed E-state index contributed by atoms with van der Waals surface area (Å²) < 4.78 is 30.6. The zero-order valence-electron chi connectivity index (χ0n) is 19.6. The third-order valence-corrected chi connectivity index (χ3v) is 6.52. The van der Waals surface area contributed by atoms with Crippen LogP contribution in [0.3, 0.4) is 0 Å². The minimum absolute atomic E-state index is 0.0816. The number of para-hydroxylation sites is 1. The predicted molar refractivity (Wildman–Crippen MR) is 131 cm³/mol. The van der Waals surface area contributed by atoms with Gasteiger partial charge in [-0.3, -0.25) is 9.69 Å². The lowest BCUT2D eigenvalue weighted by molar-refractivity contribution is 0.0929. The van der Waals surface area contributed by atoms with Gasteiger partial charge >= 0.3 is 0 Å². The van der Waals surface area contributed by atoms with Crippen molar-refractivity contribution in [1.29, 1.82) is 0 Å². The van der Waals surface area contributed by atoms with Crippen molar-refractivity contribution in [1.82, 2.24) is 10.2 Å². The number of methoxy groups -OCH3 is 1. The first kappa shape index (κ1) is 23.0. The van der Waals surface area contributed by atoms with E-state index in [2.05, 4.69) is 15.1 Å². The number of hydrogen-bond donors (Lipinski definition) is 1. The second-order valence-electron chi connectivity index (χ2n) is 8.54. The molecule has 0 spiro atoms. The maximum atomic E-state index is 14.3. The Labute approximate surface area is 204 Å². The van der Waals surface area contributed by atoms with Gasteiger partial charge in [-0.25, -0.2) is 4.39 Å². The average molecular weight is 478 g/mol. The largest absolute Gasteiger partial charge is 0.497 e. The molecule has 1 amide bonds. The zero-order valence-corrected chi connectivity index (χ0v) is 19.6. The number of ether oxygens (including phenoxy) is 3. The van der Waals surface area contributed by atoms with Gasteiger partial charge in [0.1, 0.15) is 11.6 Å². The summed E-state index contributed by atoms with van der Waals surface area (Å²) in [6, 6.07) is 19.8. The van der Waals surface area contributed by atoms with Crippen LogP contribution in [0.4, 0.5) is 10.1 Å². The lowest BCUT2D eigenvalue weighted by atomic mass is 10.0. The van der Waals surface area contributed by atoms with Gasteiger partial charge < -0.3 is 24.4 Å². The second kappa shape index (κ2) is 10.2. The number of piperazine rings is 1. The first-order valence-electron chi connectivity index (χ1n) is 11.7. The highest BCUT2D eigenvalue weighted by atomic mass is 19.1. The number of nitrogens with zero attached hydrogens (tertiary/aromatic N) is 2. The SMILES string of the molecule is COc1cccc(C(=O)NC[C@@H](c2ccc3c(c2)OCO3)N2CCN(c3ccccc3F)CC2)c1. The summed E-state index contributed by atoms with van der Waals surface area (Å²) in [5.74, 6) is 1.68. The second-order valence-corrected chi connectivity index (χ2v) is 8.54. The van der Waals surface area contributed by atoms with Crippen LogP contribution in [0, 0.1) is 5.82 Å². The van der Waals surface area contributed by atoms with Crippen LogP contribution in [-0.4, -0.2) is 57.4 Å². The van der Waals surface area contributed by atoms with Gasteiger partial charge in [0.05, 0.1) is 18.8 Å². The van der Waals surface area contributed by atoms with Crippen LogP contribution < -0.4 is 24.4 Å². The molecule has 2 aliphatic rings. The van der Waals surface area contributed by atoms with E-state index in [4.69, 9.17) is 14.2 Å². The van der Waals surface area contributed by atoms with Crippen molar-refractivity contribution in [3.8, 4) is 17.2 Å². The van der Waals surface area contributed by atoms with Crippen LogP contribution in [-0.2, 0) is 0 Å². The number of hydrogen-bond acceptors (Lipinski definition) is 6. The molecule has 0 unspecified atom stereocenters. The number of carbonyl (C=O) groups excluding carboxylic acids is 1. The summed E-state index contributed by atoms with van der Waals surface area (Å²) in [6.45, 7) is 3.44. The number of rotatable bonds is 7. The highest BCUT2D eigenvalue weighted by molar-refractivity contribution is 5.94. The van der Waals surface area contributed by atoms with Gasteiger partial charge in [-0.15, -0.1) is 0 Å². The Morgan fingerprint density at radius 3 is 2.60 bits per heavy atom. The van der Waals surface area contributed by atoms with Crippen molar-refractivity contribution in [3.63, 3.8) is 0 Å². The van der Waals surface area contributed by atoms with Gasteiger partial charge in [0, 0.05) is 38.3 Å². The van der Waals surface area contributed by atoms with Crippen LogP contribution in [0.5, 0.6) is 17.2 Å². The number of amides is 1. The Morgan fingerprint density at radius 1 is 1.00 bits per heavy atom. The molecule has 35 heavy (non-hydrogen) atoms. The molecule has 0 aliphatic carbocycles. The maximum absolute atomic E-state index is 14.3. The van der Waals surface area contributed by atoms with Crippen molar-refractivity contribution in [2.75, 3.05) is 51.5 Å². The van der Waals surface area contributed by atoms with Crippen molar-refractivity contribution in [3.05, 3.63) is 83.7 Å². The number of anilines is 1. The monoisotopic (exact) mass is 477 g/mol. The highest BCUT2D eigenvalue weighted by Crippen LogP contribution is 2.36. The molecule has 1 N–H and O–H groups in total. The van der Waals surface area contributed by atoms with Crippen LogP contribution in [0.25, 0.3) is 0 Å². The molecule has 8 heteroatoms. The van der Waals surface area contributed by atoms with Crippen LogP contribution in [0.2, 0.25) is 0 Å². The van der Waals surface area contributed by atoms with E-state index < -0.39 is 0 Å². The predicted octanol–water partition coefficient (Wildman–Crippen LogP) is 3.86. The number of carbonyl (C=O) groups is 1. The normalized spacial score (nSPS) is 16.1. The molecule has 1 saturated heterocycles. The van der Waals surface area contributed by atoms with Gasteiger partial charge in [0.25, 0.3) is 5.91 Å². The summed E-state index contributed by atoms with van der Waals surface area (Å²) in [5, 5.41) is 3.08. The lowest BCUT2D eigenvalue weighted by Crippen LogP contribution is -2.50. The third-order valence-electron chi connectivity index (χ3n) is 6.52. The minimum atomic E-state index is -0.209. The molecule has 5 rings (SSSR count). The van der Waals surface area contributed by atoms with E-state index in [-0.39, 0.29) is 24.6 Å². The Balaban J connectivity index is 1.33. The van der Waals surface area contributed by atoms with Crippen LogP contribution in [0.15, 0.2) is 66.7 Å². The molecule has 1 atom stereocenters. The summed E-state index contributed by atoms with van der Waals surface area (Å²) in [6.07, 6.45) is 0.